The van der Waals surface area contributed by atoms with Crippen molar-refractivity contribution in [3.8, 4) is 17.1 Å². The second kappa shape index (κ2) is 5.68. The smallest absolute Gasteiger partial charge is 0.172 e. The van der Waals surface area contributed by atoms with Crippen LogP contribution in [0.15, 0.2) is 65.2 Å². The maximum atomic E-state index is 12.9. The number of hydrogen-bond donors (Lipinski definition) is 0. The Morgan fingerprint density at radius 3 is 2.62 bits per heavy atom. The molecule has 0 unspecified atom stereocenters. The number of ketones is 1. The van der Waals surface area contributed by atoms with Gasteiger partial charge in [-0.1, -0.05) is 47.6 Å². The maximum Gasteiger partial charge on any atom is 0.172 e. The molecule has 5 rings (SSSR count). The lowest BCUT2D eigenvalue weighted by Gasteiger charge is -2.32. The largest absolute Gasteiger partial charge is 0.455 e. The molecular weight excluding hydrogens is 330 g/mol. The predicted molar refractivity (Wildman–Crippen MR) is 94.5 cm³/mol. The Hall–Kier alpha value is -3.18. The normalized spacial score (nSPS) is 20.2. The minimum Gasteiger partial charge on any atom is -0.455 e. The van der Waals surface area contributed by atoms with E-state index in [0.29, 0.717) is 23.0 Å². The summed E-state index contributed by atoms with van der Waals surface area (Å²) in [6, 6.07) is 17.1. The Kier molecular flexibility index (Phi) is 3.30. The lowest BCUT2D eigenvalue weighted by atomic mass is 9.74. The van der Waals surface area contributed by atoms with Gasteiger partial charge in [-0.2, -0.15) is 0 Å². The second-order valence-electron chi connectivity index (χ2n) is 6.32. The molecule has 0 N–H and O–H groups in total. The number of carbonyl (C=O) groups excluding carboxylic acids is 1. The molecule has 3 aromatic rings. The highest BCUT2D eigenvalue weighted by Crippen LogP contribution is 2.52. The molecule has 5 heteroatoms. The summed E-state index contributed by atoms with van der Waals surface area (Å²) in [5.74, 6) is 1.10. The Morgan fingerprint density at radius 1 is 1.04 bits per heavy atom. The molecule has 0 saturated carbocycles. The van der Waals surface area contributed by atoms with E-state index in [2.05, 4.69) is 5.16 Å². The van der Waals surface area contributed by atoms with Gasteiger partial charge in [0.15, 0.2) is 23.0 Å². The second-order valence-corrected chi connectivity index (χ2v) is 6.32. The molecule has 26 heavy (non-hydrogen) atoms. The zero-order chi connectivity index (χ0) is 17.7. The van der Waals surface area contributed by atoms with Crippen LogP contribution in [-0.4, -0.2) is 18.0 Å². The van der Waals surface area contributed by atoms with E-state index >= 15 is 0 Å². The molecule has 2 aliphatic rings. The highest BCUT2D eigenvalue weighted by Gasteiger charge is 2.45. The number of benzene rings is 2. The van der Waals surface area contributed by atoms with E-state index in [1.165, 1.54) is 6.08 Å². The number of fused-ring (bicyclic) bond motifs is 2. The van der Waals surface area contributed by atoms with E-state index in [4.69, 9.17) is 14.0 Å². The van der Waals surface area contributed by atoms with E-state index in [1.807, 2.05) is 54.6 Å². The van der Waals surface area contributed by atoms with Gasteiger partial charge in [0.2, 0.25) is 0 Å². The highest BCUT2D eigenvalue weighted by molar-refractivity contribution is 6.06. The summed E-state index contributed by atoms with van der Waals surface area (Å²) in [4.78, 5) is 12.9. The van der Waals surface area contributed by atoms with Crippen LogP contribution in [0.25, 0.3) is 17.1 Å². The summed E-state index contributed by atoms with van der Waals surface area (Å²) in [7, 11) is 1.62. The van der Waals surface area contributed by atoms with Crippen molar-refractivity contribution in [1.29, 1.82) is 0 Å². The Bertz CT molecular complexity index is 1040. The number of para-hydroxylation sites is 1. The summed E-state index contributed by atoms with van der Waals surface area (Å²) in [6.45, 7) is 0. The fourth-order valence-corrected chi connectivity index (χ4v) is 3.78. The molecule has 0 spiro atoms. The zero-order valence-corrected chi connectivity index (χ0v) is 14.0. The first-order chi connectivity index (χ1) is 12.8. The number of allylic oxidation sites excluding steroid dienone is 1. The number of methoxy groups -OCH3 is 1. The molecule has 1 aromatic heterocycles. The maximum absolute atomic E-state index is 12.9. The van der Waals surface area contributed by atoms with Crippen molar-refractivity contribution in [2.24, 2.45) is 0 Å². The van der Waals surface area contributed by atoms with Gasteiger partial charge in [0.05, 0.1) is 12.0 Å². The standard InChI is InChI=1S/C21H15NO4/c1-24-20-13-9-5-6-10-14(13)21-18-17(20)15(23)11-16(19(18)22-26-21)25-12-7-3-2-4-8-12/h2-11,17,20H,1H3/t17-,20-/m1/s1. The highest BCUT2D eigenvalue weighted by atomic mass is 16.5. The van der Waals surface area contributed by atoms with Crippen LogP contribution in [-0.2, 0) is 9.53 Å². The van der Waals surface area contributed by atoms with Gasteiger partial charge in [-0.25, -0.2) is 0 Å². The van der Waals surface area contributed by atoms with E-state index in [0.717, 1.165) is 16.7 Å². The van der Waals surface area contributed by atoms with Gasteiger partial charge in [0.1, 0.15) is 5.75 Å². The Balaban J connectivity index is 1.68. The van der Waals surface area contributed by atoms with Gasteiger partial charge in [-0.05, 0) is 17.7 Å². The first-order valence-corrected chi connectivity index (χ1v) is 8.38. The third-order valence-electron chi connectivity index (χ3n) is 4.89. The van der Waals surface area contributed by atoms with Crippen molar-refractivity contribution in [2.75, 3.05) is 7.11 Å². The fourth-order valence-electron chi connectivity index (χ4n) is 3.78. The molecule has 0 aliphatic heterocycles. The summed E-state index contributed by atoms with van der Waals surface area (Å²) in [6.07, 6.45) is 1.12. The number of ether oxygens (including phenoxy) is 2. The topological polar surface area (TPSA) is 61.6 Å². The molecule has 0 amide bonds. The van der Waals surface area contributed by atoms with Crippen molar-refractivity contribution in [3.05, 3.63) is 77.5 Å². The van der Waals surface area contributed by atoms with Crippen molar-refractivity contribution in [3.63, 3.8) is 0 Å². The van der Waals surface area contributed by atoms with Crippen molar-refractivity contribution < 1.29 is 18.8 Å². The summed E-state index contributed by atoms with van der Waals surface area (Å²) < 4.78 is 17.3. The fraction of sp³-hybridized carbons (Fsp3) is 0.143. The molecule has 128 valence electrons. The van der Waals surface area contributed by atoms with Crippen LogP contribution in [0.4, 0.5) is 0 Å². The van der Waals surface area contributed by atoms with Gasteiger partial charge >= 0.3 is 0 Å². The average Bonchev–Trinajstić information content (AvgIpc) is 3.12. The van der Waals surface area contributed by atoms with Gasteiger partial charge in [0, 0.05) is 24.3 Å². The summed E-state index contributed by atoms with van der Waals surface area (Å²) >= 11 is 0. The van der Waals surface area contributed by atoms with Gasteiger partial charge in [0.25, 0.3) is 0 Å². The summed E-state index contributed by atoms with van der Waals surface area (Å²) in [5, 5.41) is 4.22. The first-order valence-electron chi connectivity index (χ1n) is 8.38. The van der Waals surface area contributed by atoms with Crippen LogP contribution in [0.2, 0.25) is 0 Å². The molecule has 0 radical (unpaired) electrons. The van der Waals surface area contributed by atoms with Crippen LogP contribution in [0, 0.1) is 0 Å². The molecule has 2 aliphatic carbocycles. The quantitative estimate of drug-likeness (QED) is 0.714. The van der Waals surface area contributed by atoms with Gasteiger partial charge < -0.3 is 14.0 Å². The van der Waals surface area contributed by atoms with Gasteiger partial charge in [-0.3, -0.25) is 4.79 Å². The summed E-state index contributed by atoms with van der Waals surface area (Å²) in [5.41, 5.74) is 3.14. The van der Waals surface area contributed by atoms with Crippen LogP contribution in [0.5, 0.6) is 5.75 Å². The SMILES string of the molecule is CO[C@@H]1c2ccccc2-c2onc3c2[C@H]1C(=O)C=C3Oc1ccccc1. The molecule has 1 heterocycles. The molecule has 0 bridgehead atoms. The minimum atomic E-state index is -0.478. The van der Waals surface area contributed by atoms with Crippen LogP contribution in [0.1, 0.15) is 28.8 Å². The number of carbonyl (C=O) groups is 1. The number of hydrogen-bond acceptors (Lipinski definition) is 5. The van der Waals surface area contributed by atoms with Crippen LogP contribution >= 0.6 is 0 Å². The first kappa shape index (κ1) is 15.1. The van der Waals surface area contributed by atoms with E-state index in [1.54, 1.807) is 7.11 Å². The Morgan fingerprint density at radius 2 is 1.81 bits per heavy atom. The zero-order valence-electron chi connectivity index (χ0n) is 14.0. The van der Waals surface area contributed by atoms with Crippen molar-refractivity contribution in [2.45, 2.75) is 12.0 Å². The third-order valence-corrected chi connectivity index (χ3v) is 4.89. The Labute approximate surface area is 149 Å². The molecule has 0 fully saturated rings. The van der Waals surface area contributed by atoms with Gasteiger partial charge in [-0.15, -0.1) is 0 Å². The predicted octanol–water partition coefficient (Wildman–Crippen LogP) is 4.13. The number of nitrogens with zero attached hydrogens (tertiary/aromatic N) is 1. The minimum absolute atomic E-state index is 0.0748. The molecule has 2 aromatic carbocycles. The monoisotopic (exact) mass is 345 g/mol. The molecule has 2 atom stereocenters. The van der Waals surface area contributed by atoms with Crippen LogP contribution in [0.3, 0.4) is 0 Å². The van der Waals surface area contributed by atoms with Crippen LogP contribution < -0.4 is 4.74 Å². The average molecular weight is 345 g/mol. The molecule has 0 saturated heterocycles. The van der Waals surface area contributed by atoms with Crippen molar-refractivity contribution >= 4 is 11.5 Å². The lowest BCUT2D eigenvalue weighted by molar-refractivity contribution is -0.119. The lowest BCUT2D eigenvalue weighted by Crippen LogP contribution is -2.28. The van der Waals surface area contributed by atoms with E-state index in [-0.39, 0.29) is 11.9 Å². The molecular formula is C21H15NO4. The van der Waals surface area contributed by atoms with E-state index in [9.17, 15) is 4.79 Å². The number of rotatable bonds is 3. The number of aromatic nitrogens is 1. The third kappa shape index (κ3) is 2.07. The van der Waals surface area contributed by atoms with E-state index < -0.39 is 5.92 Å². The molecule has 5 nitrogen and oxygen atoms in total. The van der Waals surface area contributed by atoms with Crippen molar-refractivity contribution in [1.82, 2.24) is 5.16 Å².